The van der Waals surface area contributed by atoms with E-state index in [1.165, 1.54) is 44.3 Å². The van der Waals surface area contributed by atoms with Gasteiger partial charge in [0.1, 0.15) is 5.75 Å². The summed E-state index contributed by atoms with van der Waals surface area (Å²) in [6.07, 6.45) is 7.34. The summed E-state index contributed by atoms with van der Waals surface area (Å²) < 4.78 is 42.8. The summed E-state index contributed by atoms with van der Waals surface area (Å²) in [5.74, 6) is 3.67. The smallest absolute Gasteiger partial charge is 0.231 e. The Labute approximate surface area is 256 Å². The molecule has 3 aromatic carbocycles. The van der Waals surface area contributed by atoms with Crippen molar-refractivity contribution in [3.63, 3.8) is 0 Å². The zero-order chi connectivity index (χ0) is 29.6. The van der Waals surface area contributed by atoms with Crippen LogP contribution in [0.15, 0.2) is 76.5 Å². The summed E-state index contributed by atoms with van der Waals surface area (Å²) >= 11 is 0. The van der Waals surface area contributed by atoms with Crippen molar-refractivity contribution in [3.05, 3.63) is 77.9 Å². The highest BCUT2D eigenvalue weighted by Gasteiger charge is 2.30. The molecule has 2 fully saturated rings. The van der Waals surface area contributed by atoms with Crippen molar-refractivity contribution in [1.82, 2.24) is 9.80 Å². The van der Waals surface area contributed by atoms with E-state index in [4.69, 9.17) is 14.2 Å². The first-order chi connectivity index (χ1) is 21.0. The lowest BCUT2D eigenvalue weighted by molar-refractivity contribution is 0.0909. The van der Waals surface area contributed by atoms with E-state index >= 15 is 0 Å². The Balaban J connectivity index is 0.933. The summed E-state index contributed by atoms with van der Waals surface area (Å²) in [7, 11) is -3.62. The number of unbranched alkanes of at least 4 members (excludes halogenated alkanes) is 1. The third-order valence-electron chi connectivity index (χ3n) is 9.32. The fourth-order valence-electron chi connectivity index (χ4n) is 6.66. The van der Waals surface area contributed by atoms with Gasteiger partial charge in [0.05, 0.1) is 16.4 Å². The highest BCUT2D eigenvalue weighted by Crippen LogP contribution is 2.36. The molecule has 2 saturated heterocycles. The van der Waals surface area contributed by atoms with Crippen LogP contribution >= 0.6 is 0 Å². The minimum atomic E-state index is -3.62. The number of benzene rings is 3. The standard InChI is InChI=1S/C35H44N2O5S/c1-2-3-22-40-31-8-4-27(5-9-31)24-36-18-14-29(15-19-36)30-16-20-37(21-17-30)25-28-6-10-32(11-7-28)43(38,39)33-12-13-34-35(23-33)42-26-41-34/h4-13,23,29-30H,2-3,14-22,24-26H2,1H3. The average Bonchev–Trinajstić information content (AvgIpc) is 3.52. The molecular formula is C35H44N2O5S. The van der Waals surface area contributed by atoms with Crippen LogP contribution in [0.5, 0.6) is 17.2 Å². The first-order valence-electron chi connectivity index (χ1n) is 15.9. The summed E-state index contributed by atoms with van der Waals surface area (Å²) in [6.45, 7) is 9.56. The number of sulfone groups is 1. The van der Waals surface area contributed by atoms with Crippen molar-refractivity contribution in [2.45, 2.75) is 68.3 Å². The van der Waals surface area contributed by atoms with E-state index in [1.54, 1.807) is 30.3 Å². The first kappa shape index (κ1) is 30.0. The first-order valence-corrected chi connectivity index (χ1v) is 17.4. The predicted molar refractivity (Wildman–Crippen MR) is 167 cm³/mol. The van der Waals surface area contributed by atoms with Crippen molar-refractivity contribution >= 4 is 9.84 Å². The van der Waals surface area contributed by atoms with Gasteiger partial charge in [0.25, 0.3) is 0 Å². The molecule has 0 saturated carbocycles. The molecule has 0 amide bonds. The van der Waals surface area contributed by atoms with E-state index in [9.17, 15) is 8.42 Å². The minimum absolute atomic E-state index is 0.121. The maximum Gasteiger partial charge on any atom is 0.231 e. The zero-order valence-electron chi connectivity index (χ0n) is 25.2. The molecule has 0 radical (unpaired) electrons. The normalized spacial score (nSPS) is 18.6. The van der Waals surface area contributed by atoms with Crippen LogP contribution in [0.2, 0.25) is 0 Å². The molecule has 6 rings (SSSR count). The third kappa shape index (κ3) is 7.36. The van der Waals surface area contributed by atoms with Gasteiger partial charge in [0, 0.05) is 19.2 Å². The monoisotopic (exact) mass is 604 g/mol. The van der Waals surface area contributed by atoms with Crippen molar-refractivity contribution < 1.29 is 22.6 Å². The summed E-state index contributed by atoms with van der Waals surface area (Å²) in [6, 6.07) is 20.8. The molecule has 3 aliphatic heterocycles. The van der Waals surface area contributed by atoms with Crippen LogP contribution in [0.25, 0.3) is 0 Å². The molecule has 43 heavy (non-hydrogen) atoms. The predicted octanol–water partition coefficient (Wildman–Crippen LogP) is 6.55. The summed E-state index contributed by atoms with van der Waals surface area (Å²) in [5, 5.41) is 0. The van der Waals surface area contributed by atoms with E-state index in [2.05, 4.69) is 41.0 Å². The Bertz CT molecular complexity index is 1440. The maximum absolute atomic E-state index is 13.2. The highest BCUT2D eigenvalue weighted by molar-refractivity contribution is 7.91. The second kappa shape index (κ2) is 13.7. The molecule has 0 unspecified atom stereocenters. The zero-order valence-corrected chi connectivity index (χ0v) is 26.1. The van der Waals surface area contributed by atoms with Gasteiger partial charge >= 0.3 is 0 Å². The largest absolute Gasteiger partial charge is 0.494 e. The Morgan fingerprint density at radius 2 is 1.26 bits per heavy atom. The molecule has 0 spiro atoms. The van der Waals surface area contributed by atoms with Crippen LogP contribution in [0.4, 0.5) is 0 Å². The maximum atomic E-state index is 13.2. The van der Waals surface area contributed by atoms with E-state index in [1.807, 2.05) is 12.1 Å². The number of ether oxygens (including phenoxy) is 3. The Morgan fingerprint density at radius 1 is 0.721 bits per heavy atom. The number of nitrogens with zero attached hydrogens (tertiary/aromatic N) is 2. The van der Waals surface area contributed by atoms with Crippen LogP contribution < -0.4 is 14.2 Å². The Kier molecular flexibility index (Phi) is 9.55. The summed E-state index contributed by atoms with van der Waals surface area (Å²) in [4.78, 5) is 5.64. The van der Waals surface area contributed by atoms with E-state index in [0.717, 1.165) is 68.8 Å². The Morgan fingerprint density at radius 3 is 1.84 bits per heavy atom. The van der Waals surface area contributed by atoms with Gasteiger partial charge in [-0.3, -0.25) is 9.80 Å². The van der Waals surface area contributed by atoms with Crippen LogP contribution in [0, 0.1) is 11.8 Å². The van der Waals surface area contributed by atoms with Gasteiger partial charge in [-0.15, -0.1) is 0 Å². The molecule has 0 bridgehead atoms. The summed E-state index contributed by atoms with van der Waals surface area (Å²) in [5.41, 5.74) is 2.52. The van der Waals surface area contributed by atoms with Crippen molar-refractivity contribution in [3.8, 4) is 17.2 Å². The molecule has 7 nitrogen and oxygen atoms in total. The quantitative estimate of drug-likeness (QED) is 0.230. The average molecular weight is 605 g/mol. The number of hydrogen-bond acceptors (Lipinski definition) is 7. The van der Waals surface area contributed by atoms with Gasteiger partial charge in [-0.2, -0.15) is 0 Å². The molecule has 3 aliphatic rings. The van der Waals surface area contributed by atoms with Crippen LogP contribution in [0.1, 0.15) is 56.6 Å². The van der Waals surface area contributed by atoms with E-state index < -0.39 is 9.84 Å². The molecular weight excluding hydrogens is 560 g/mol. The lowest BCUT2D eigenvalue weighted by atomic mass is 9.78. The fourth-order valence-corrected chi connectivity index (χ4v) is 7.94. The van der Waals surface area contributed by atoms with Gasteiger partial charge in [0.2, 0.25) is 16.6 Å². The molecule has 3 heterocycles. The lowest BCUT2D eigenvalue weighted by Crippen LogP contribution is -2.40. The molecule has 0 aliphatic carbocycles. The number of fused-ring (bicyclic) bond motifs is 1. The second-order valence-electron chi connectivity index (χ2n) is 12.2. The molecule has 8 heteroatoms. The molecule has 0 atom stereocenters. The van der Waals surface area contributed by atoms with E-state index in [0.29, 0.717) is 16.4 Å². The number of likely N-dealkylation sites (tertiary alicyclic amines) is 2. The van der Waals surface area contributed by atoms with E-state index in [-0.39, 0.29) is 11.7 Å². The number of piperidine rings is 2. The van der Waals surface area contributed by atoms with Gasteiger partial charge in [-0.05, 0) is 118 Å². The van der Waals surface area contributed by atoms with Crippen molar-refractivity contribution in [1.29, 1.82) is 0 Å². The van der Waals surface area contributed by atoms with Gasteiger partial charge < -0.3 is 14.2 Å². The van der Waals surface area contributed by atoms with Crippen molar-refractivity contribution in [2.75, 3.05) is 39.6 Å². The number of hydrogen-bond donors (Lipinski definition) is 0. The van der Waals surface area contributed by atoms with Crippen LogP contribution in [-0.4, -0.2) is 57.8 Å². The highest BCUT2D eigenvalue weighted by atomic mass is 32.2. The van der Waals surface area contributed by atoms with Crippen LogP contribution in [-0.2, 0) is 22.9 Å². The second-order valence-corrected chi connectivity index (χ2v) is 14.2. The fraction of sp³-hybridized carbons (Fsp3) is 0.486. The molecule has 3 aromatic rings. The van der Waals surface area contributed by atoms with Gasteiger partial charge in [0.15, 0.2) is 11.5 Å². The SMILES string of the molecule is CCCCOc1ccc(CN2CCC(C3CCN(Cc4ccc(S(=O)(=O)c5ccc6c(c5)OCO6)cc4)CC3)CC2)cc1. The molecule has 0 N–H and O–H groups in total. The van der Waals surface area contributed by atoms with Gasteiger partial charge in [-0.25, -0.2) is 8.42 Å². The van der Waals surface area contributed by atoms with Crippen LogP contribution in [0.3, 0.4) is 0 Å². The Hall–Kier alpha value is -3.07. The minimum Gasteiger partial charge on any atom is -0.494 e. The molecule has 0 aromatic heterocycles. The molecule has 230 valence electrons. The lowest BCUT2D eigenvalue weighted by Gasteiger charge is -2.40. The third-order valence-corrected chi connectivity index (χ3v) is 11.1. The van der Waals surface area contributed by atoms with Crippen molar-refractivity contribution in [2.24, 2.45) is 11.8 Å². The van der Waals surface area contributed by atoms with Gasteiger partial charge in [-0.1, -0.05) is 37.6 Å². The number of rotatable bonds is 11. The topological polar surface area (TPSA) is 68.3 Å².